The van der Waals surface area contributed by atoms with Gasteiger partial charge in [0.05, 0.1) is 19.7 Å². The molecular formula is C15H17NO4. The summed E-state index contributed by atoms with van der Waals surface area (Å²) in [7, 11) is 3.18. The van der Waals surface area contributed by atoms with E-state index < -0.39 is 0 Å². The molecule has 1 heterocycles. The van der Waals surface area contributed by atoms with Crippen molar-refractivity contribution in [3.05, 3.63) is 29.5 Å². The summed E-state index contributed by atoms with van der Waals surface area (Å²) in [6, 6.07) is 5.64. The molecule has 106 valence electrons. The van der Waals surface area contributed by atoms with Crippen LogP contribution in [0.4, 0.5) is 0 Å². The van der Waals surface area contributed by atoms with Gasteiger partial charge >= 0.3 is 5.97 Å². The van der Waals surface area contributed by atoms with Gasteiger partial charge < -0.3 is 14.2 Å². The number of benzene rings is 1. The van der Waals surface area contributed by atoms with Crippen molar-refractivity contribution in [1.82, 2.24) is 4.98 Å². The van der Waals surface area contributed by atoms with Crippen LogP contribution >= 0.6 is 0 Å². The molecule has 0 aliphatic heterocycles. The number of carbonyl (C=O) groups excluding carboxylic acids is 1. The molecule has 0 amide bonds. The van der Waals surface area contributed by atoms with Gasteiger partial charge in [0.1, 0.15) is 6.61 Å². The molecule has 0 bridgehead atoms. The Morgan fingerprint density at radius 2 is 1.80 bits per heavy atom. The predicted molar refractivity (Wildman–Crippen MR) is 75.1 cm³/mol. The molecule has 0 saturated heterocycles. The minimum atomic E-state index is -0.309. The molecule has 2 aromatic rings. The lowest BCUT2D eigenvalue weighted by molar-refractivity contribution is -0.142. The minimum Gasteiger partial charge on any atom is -0.493 e. The summed E-state index contributed by atoms with van der Waals surface area (Å²) >= 11 is 0. The molecule has 20 heavy (non-hydrogen) atoms. The van der Waals surface area contributed by atoms with Crippen molar-refractivity contribution in [2.24, 2.45) is 0 Å². The molecule has 0 atom stereocenters. The van der Waals surface area contributed by atoms with Crippen LogP contribution in [0.1, 0.15) is 18.2 Å². The molecule has 0 aliphatic carbocycles. The lowest BCUT2D eigenvalue weighted by Gasteiger charge is -2.11. The van der Waals surface area contributed by atoms with Crippen LogP contribution in [0.25, 0.3) is 10.9 Å². The summed E-state index contributed by atoms with van der Waals surface area (Å²) in [4.78, 5) is 15.4. The lowest BCUT2D eigenvalue weighted by Crippen LogP contribution is -2.02. The van der Waals surface area contributed by atoms with E-state index in [0.29, 0.717) is 11.5 Å². The molecule has 2 rings (SSSR count). The quantitative estimate of drug-likeness (QED) is 0.803. The van der Waals surface area contributed by atoms with Crippen LogP contribution in [-0.4, -0.2) is 25.2 Å². The fourth-order valence-corrected chi connectivity index (χ4v) is 1.97. The molecule has 0 radical (unpaired) electrons. The van der Waals surface area contributed by atoms with Crippen molar-refractivity contribution in [2.75, 3.05) is 14.2 Å². The summed E-state index contributed by atoms with van der Waals surface area (Å²) in [6.07, 6.45) is 0. The van der Waals surface area contributed by atoms with Crippen molar-refractivity contribution >= 4 is 16.9 Å². The molecule has 1 aromatic carbocycles. The van der Waals surface area contributed by atoms with Gasteiger partial charge in [-0.15, -0.1) is 0 Å². The van der Waals surface area contributed by atoms with Crippen molar-refractivity contribution in [3.63, 3.8) is 0 Å². The SMILES string of the molecule is COc1cc2cc(COC(C)=O)c(C)nc2cc1OC. The van der Waals surface area contributed by atoms with Gasteiger partial charge in [0.25, 0.3) is 0 Å². The number of esters is 1. The molecule has 0 spiro atoms. The third-order valence-electron chi connectivity index (χ3n) is 3.05. The largest absolute Gasteiger partial charge is 0.493 e. The zero-order valence-electron chi connectivity index (χ0n) is 12.0. The monoisotopic (exact) mass is 275 g/mol. The van der Waals surface area contributed by atoms with E-state index >= 15 is 0 Å². The van der Waals surface area contributed by atoms with Crippen molar-refractivity contribution in [2.45, 2.75) is 20.5 Å². The van der Waals surface area contributed by atoms with Crippen LogP contribution in [-0.2, 0) is 16.1 Å². The zero-order chi connectivity index (χ0) is 14.7. The highest BCUT2D eigenvalue weighted by molar-refractivity contribution is 5.83. The smallest absolute Gasteiger partial charge is 0.302 e. The van der Waals surface area contributed by atoms with Crippen LogP contribution in [0.3, 0.4) is 0 Å². The summed E-state index contributed by atoms with van der Waals surface area (Å²) in [6.45, 7) is 3.49. The van der Waals surface area contributed by atoms with Gasteiger partial charge in [-0.3, -0.25) is 9.78 Å². The first-order valence-electron chi connectivity index (χ1n) is 6.20. The van der Waals surface area contributed by atoms with Crippen LogP contribution in [0, 0.1) is 6.92 Å². The highest BCUT2D eigenvalue weighted by atomic mass is 16.5. The average molecular weight is 275 g/mol. The lowest BCUT2D eigenvalue weighted by atomic mass is 10.1. The maximum atomic E-state index is 10.9. The van der Waals surface area contributed by atoms with E-state index in [1.807, 2.05) is 25.1 Å². The first kappa shape index (κ1) is 14.1. The first-order valence-corrected chi connectivity index (χ1v) is 6.20. The van der Waals surface area contributed by atoms with E-state index in [1.165, 1.54) is 6.92 Å². The average Bonchev–Trinajstić information content (AvgIpc) is 2.43. The third-order valence-corrected chi connectivity index (χ3v) is 3.05. The number of rotatable bonds is 4. The molecule has 0 N–H and O–H groups in total. The van der Waals surface area contributed by atoms with Crippen molar-refractivity contribution in [1.29, 1.82) is 0 Å². The van der Waals surface area contributed by atoms with E-state index in [1.54, 1.807) is 14.2 Å². The standard InChI is InChI=1S/C15H17NO4/c1-9-12(8-20-10(2)17)5-11-6-14(18-3)15(19-4)7-13(11)16-9/h5-7H,8H2,1-4H3. The first-order chi connectivity index (χ1) is 9.55. The normalized spacial score (nSPS) is 10.4. The number of nitrogens with zero attached hydrogens (tertiary/aromatic N) is 1. The molecule has 0 unspecified atom stereocenters. The van der Waals surface area contributed by atoms with E-state index in [-0.39, 0.29) is 12.6 Å². The molecule has 0 saturated carbocycles. The Kier molecular flexibility index (Phi) is 4.08. The van der Waals surface area contributed by atoms with Gasteiger partial charge in [0.2, 0.25) is 0 Å². The number of hydrogen-bond donors (Lipinski definition) is 0. The van der Waals surface area contributed by atoms with Crippen molar-refractivity contribution < 1.29 is 19.0 Å². The van der Waals surface area contributed by atoms with E-state index in [9.17, 15) is 4.79 Å². The second-order valence-electron chi connectivity index (χ2n) is 4.41. The number of fused-ring (bicyclic) bond motifs is 1. The van der Waals surface area contributed by atoms with E-state index in [0.717, 1.165) is 22.2 Å². The molecule has 5 heteroatoms. The Morgan fingerprint density at radius 1 is 1.15 bits per heavy atom. The zero-order valence-corrected chi connectivity index (χ0v) is 12.0. The fraction of sp³-hybridized carbons (Fsp3) is 0.333. The number of methoxy groups -OCH3 is 2. The van der Waals surface area contributed by atoms with Crippen LogP contribution in [0.5, 0.6) is 11.5 Å². The van der Waals surface area contributed by atoms with Gasteiger partial charge in [0, 0.05) is 29.6 Å². The van der Waals surface area contributed by atoms with Gasteiger partial charge in [-0.1, -0.05) is 0 Å². The van der Waals surface area contributed by atoms with E-state index in [4.69, 9.17) is 14.2 Å². The van der Waals surface area contributed by atoms with Gasteiger partial charge in [0.15, 0.2) is 11.5 Å². The number of pyridine rings is 1. The number of ether oxygens (including phenoxy) is 3. The van der Waals surface area contributed by atoms with Crippen molar-refractivity contribution in [3.8, 4) is 11.5 Å². The summed E-state index contributed by atoms with van der Waals surface area (Å²) in [5.74, 6) is 0.973. The molecule has 1 aromatic heterocycles. The Bertz CT molecular complexity index is 652. The van der Waals surface area contributed by atoms with Gasteiger partial charge in [-0.2, -0.15) is 0 Å². The summed E-state index contributed by atoms with van der Waals surface area (Å²) in [5, 5.41) is 0.912. The molecule has 0 fully saturated rings. The van der Waals surface area contributed by atoms with Crippen LogP contribution < -0.4 is 9.47 Å². The maximum absolute atomic E-state index is 10.9. The number of aromatic nitrogens is 1. The van der Waals surface area contributed by atoms with E-state index in [2.05, 4.69) is 4.98 Å². The maximum Gasteiger partial charge on any atom is 0.302 e. The highest BCUT2D eigenvalue weighted by Crippen LogP contribution is 2.32. The Labute approximate surface area is 117 Å². The van der Waals surface area contributed by atoms with Gasteiger partial charge in [-0.05, 0) is 19.1 Å². The third kappa shape index (κ3) is 2.82. The Morgan fingerprint density at radius 3 is 2.40 bits per heavy atom. The topological polar surface area (TPSA) is 57.7 Å². The minimum absolute atomic E-state index is 0.221. The Hall–Kier alpha value is -2.30. The van der Waals surface area contributed by atoms with Crippen LogP contribution in [0.15, 0.2) is 18.2 Å². The van der Waals surface area contributed by atoms with Crippen LogP contribution in [0.2, 0.25) is 0 Å². The van der Waals surface area contributed by atoms with Gasteiger partial charge in [-0.25, -0.2) is 0 Å². The number of aryl methyl sites for hydroxylation is 1. The summed E-state index contributed by atoms with van der Waals surface area (Å²) in [5.41, 5.74) is 2.51. The fourth-order valence-electron chi connectivity index (χ4n) is 1.97. The Balaban J connectivity index is 2.49. The highest BCUT2D eigenvalue weighted by Gasteiger charge is 2.10. The predicted octanol–water partition coefficient (Wildman–Crippen LogP) is 2.62. The second-order valence-corrected chi connectivity index (χ2v) is 4.41. The molecule has 0 aliphatic rings. The summed E-state index contributed by atoms with van der Waals surface area (Å²) < 4.78 is 15.6. The number of carbonyl (C=O) groups is 1. The molecule has 5 nitrogen and oxygen atoms in total. The molecular weight excluding hydrogens is 258 g/mol. The second kappa shape index (κ2) is 5.77. The number of hydrogen-bond acceptors (Lipinski definition) is 5.